The second-order valence-corrected chi connectivity index (χ2v) is 6.11. The van der Waals surface area contributed by atoms with Crippen molar-refractivity contribution >= 4 is 17.6 Å². The molecule has 0 saturated heterocycles. The van der Waals surface area contributed by atoms with Crippen molar-refractivity contribution in [3.8, 4) is 0 Å². The first kappa shape index (κ1) is 21.9. The lowest BCUT2D eigenvalue weighted by molar-refractivity contribution is -0.384. The number of alkyl halides is 3. The number of rotatable bonds is 7. The van der Waals surface area contributed by atoms with Crippen LogP contribution >= 0.6 is 0 Å². The monoisotopic (exact) mass is 410 g/mol. The minimum Gasteiger partial charge on any atom is -0.467 e. The first-order valence-electron chi connectivity index (χ1n) is 8.37. The maximum Gasteiger partial charge on any atom is 0.416 e. The van der Waals surface area contributed by atoms with Gasteiger partial charge in [0.25, 0.3) is 5.69 Å². The molecule has 1 N–H and O–H groups in total. The number of nitrogens with zero attached hydrogens (tertiary/aromatic N) is 1. The van der Waals surface area contributed by atoms with Crippen molar-refractivity contribution in [2.75, 3.05) is 7.11 Å². The highest BCUT2D eigenvalue weighted by Gasteiger charge is 2.34. The first-order chi connectivity index (χ1) is 13.6. The van der Waals surface area contributed by atoms with E-state index in [-0.39, 0.29) is 17.7 Å². The van der Waals surface area contributed by atoms with Crippen molar-refractivity contribution in [2.24, 2.45) is 0 Å². The van der Waals surface area contributed by atoms with Gasteiger partial charge in [-0.05, 0) is 17.2 Å². The Bertz CT molecular complexity index is 915. The number of esters is 1. The molecule has 2 aromatic rings. The molecule has 0 aliphatic heterocycles. The van der Waals surface area contributed by atoms with Crippen LogP contribution in [0.5, 0.6) is 0 Å². The van der Waals surface area contributed by atoms with Crippen LogP contribution in [-0.4, -0.2) is 30.0 Å². The highest BCUT2D eigenvalue weighted by molar-refractivity contribution is 5.86. The van der Waals surface area contributed by atoms with E-state index in [1.54, 1.807) is 0 Å². The van der Waals surface area contributed by atoms with E-state index < -0.39 is 41.0 Å². The third kappa shape index (κ3) is 6.03. The molecule has 29 heavy (non-hydrogen) atoms. The molecule has 0 aliphatic rings. The largest absolute Gasteiger partial charge is 0.467 e. The van der Waals surface area contributed by atoms with Crippen molar-refractivity contribution in [3.63, 3.8) is 0 Å². The number of carbonyl (C=O) groups excluding carboxylic acids is 2. The molecule has 0 aliphatic carbocycles. The van der Waals surface area contributed by atoms with Gasteiger partial charge < -0.3 is 10.1 Å². The maximum absolute atomic E-state index is 13.2. The molecule has 0 fully saturated rings. The van der Waals surface area contributed by atoms with Gasteiger partial charge in [-0.1, -0.05) is 30.3 Å². The van der Waals surface area contributed by atoms with Gasteiger partial charge in [-0.2, -0.15) is 13.2 Å². The highest BCUT2D eigenvalue weighted by Crippen LogP contribution is 2.32. The predicted octanol–water partition coefficient (Wildman–Crippen LogP) is 3.06. The van der Waals surface area contributed by atoms with Gasteiger partial charge in [-0.15, -0.1) is 0 Å². The summed E-state index contributed by atoms with van der Waals surface area (Å²) in [7, 11) is 1.05. The van der Waals surface area contributed by atoms with E-state index >= 15 is 0 Å². The van der Waals surface area contributed by atoms with Crippen LogP contribution in [0.25, 0.3) is 0 Å². The lowest BCUT2D eigenvalue weighted by atomic mass is 9.99. The Morgan fingerprint density at radius 2 is 1.86 bits per heavy atom. The van der Waals surface area contributed by atoms with Gasteiger partial charge in [-0.3, -0.25) is 14.9 Å². The summed E-state index contributed by atoms with van der Waals surface area (Å²) in [5, 5.41) is 13.2. The van der Waals surface area contributed by atoms with Gasteiger partial charge in [0.1, 0.15) is 6.04 Å². The van der Waals surface area contributed by atoms with Crippen LogP contribution in [0.2, 0.25) is 0 Å². The SMILES string of the molecule is COC(=O)[C@@H](Cc1ccccc1C(F)(F)F)NC(=O)Cc1cccc([N+](=O)[O-])c1. The van der Waals surface area contributed by atoms with Crippen LogP contribution in [0.1, 0.15) is 16.7 Å². The van der Waals surface area contributed by atoms with Crippen LogP contribution in [0, 0.1) is 10.1 Å². The van der Waals surface area contributed by atoms with E-state index in [9.17, 15) is 32.9 Å². The van der Waals surface area contributed by atoms with E-state index in [2.05, 4.69) is 10.1 Å². The number of methoxy groups -OCH3 is 1. The van der Waals surface area contributed by atoms with Crippen LogP contribution in [0.3, 0.4) is 0 Å². The number of amides is 1. The molecule has 0 aromatic heterocycles. The standard InChI is InChI=1S/C19H17F3N2O5/c1-29-18(26)16(11-13-6-2-3-8-15(13)19(20,21)22)23-17(25)10-12-5-4-7-14(9-12)24(27)28/h2-9,16H,10-11H2,1H3,(H,23,25)/t16-/m1/s1. The highest BCUT2D eigenvalue weighted by atomic mass is 19.4. The Kier molecular flexibility index (Phi) is 6.92. The predicted molar refractivity (Wildman–Crippen MR) is 95.9 cm³/mol. The Labute approximate surface area is 163 Å². The zero-order valence-electron chi connectivity index (χ0n) is 15.2. The number of carbonyl (C=O) groups is 2. The summed E-state index contributed by atoms with van der Waals surface area (Å²) in [5.41, 5.74) is -0.984. The zero-order valence-corrected chi connectivity index (χ0v) is 15.2. The summed E-state index contributed by atoms with van der Waals surface area (Å²) < 4.78 is 44.1. The number of halogens is 3. The summed E-state index contributed by atoms with van der Waals surface area (Å²) in [6.07, 6.45) is -5.34. The van der Waals surface area contributed by atoms with Crippen LogP contribution in [-0.2, 0) is 33.3 Å². The Balaban J connectivity index is 2.18. The van der Waals surface area contributed by atoms with Crippen molar-refractivity contribution in [2.45, 2.75) is 25.1 Å². The average Bonchev–Trinajstić information content (AvgIpc) is 2.66. The normalized spacial score (nSPS) is 12.1. The lowest BCUT2D eigenvalue weighted by Crippen LogP contribution is -2.44. The molecular formula is C19H17F3N2O5. The summed E-state index contributed by atoms with van der Waals surface area (Å²) >= 11 is 0. The molecule has 1 atom stereocenters. The van der Waals surface area contributed by atoms with Crippen LogP contribution < -0.4 is 5.32 Å². The number of ether oxygens (including phenoxy) is 1. The molecule has 2 rings (SSSR count). The third-order valence-corrected chi connectivity index (χ3v) is 4.05. The molecule has 154 valence electrons. The fraction of sp³-hybridized carbons (Fsp3) is 0.263. The number of nitro benzene ring substituents is 1. The van der Waals surface area contributed by atoms with Gasteiger partial charge in [0.15, 0.2) is 0 Å². The third-order valence-electron chi connectivity index (χ3n) is 4.05. The molecule has 0 saturated carbocycles. The van der Waals surface area contributed by atoms with Gasteiger partial charge in [0, 0.05) is 18.6 Å². The van der Waals surface area contributed by atoms with E-state index in [1.165, 1.54) is 42.5 Å². The van der Waals surface area contributed by atoms with Crippen LogP contribution in [0.4, 0.5) is 18.9 Å². The Morgan fingerprint density at radius 1 is 1.17 bits per heavy atom. The number of hydrogen-bond acceptors (Lipinski definition) is 5. The number of hydrogen-bond donors (Lipinski definition) is 1. The summed E-state index contributed by atoms with van der Waals surface area (Å²) in [5.74, 6) is -1.60. The molecule has 7 nitrogen and oxygen atoms in total. The second-order valence-electron chi connectivity index (χ2n) is 6.11. The topological polar surface area (TPSA) is 98.5 Å². The minimum atomic E-state index is -4.62. The fourth-order valence-corrected chi connectivity index (χ4v) is 2.74. The number of non-ortho nitro benzene ring substituents is 1. The lowest BCUT2D eigenvalue weighted by Gasteiger charge is -2.19. The Hall–Kier alpha value is -3.43. The summed E-state index contributed by atoms with van der Waals surface area (Å²) in [6, 6.07) is 8.70. The second kappa shape index (κ2) is 9.18. The molecule has 1 amide bonds. The molecule has 0 heterocycles. The Morgan fingerprint density at radius 3 is 2.48 bits per heavy atom. The maximum atomic E-state index is 13.2. The van der Waals surface area contributed by atoms with Gasteiger partial charge in [-0.25, -0.2) is 4.79 Å². The average molecular weight is 410 g/mol. The van der Waals surface area contributed by atoms with E-state index in [0.29, 0.717) is 5.56 Å². The molecule has 2 aromatic carbocycles. The van der Waals surface area contributed by atoms with E-state index in [1.807, 2.05) is 0 Å². The molecule has 0 spiro atoms. The minimum absolute atomic E-state index is 0.175. The smallest absolute Gasteiger partial charge is 0.416 e. The van der Waals surface area contributed by atoms with Gasteiger partial charge in [0.05, 0.1) is 24.0 Å². The number of nitrogens with one attached hydrogen (secondary N) is 1. The molecular weight excluding hydrogens is 393 g/mol. The van der Waals surface area contributed by atoms with Crippen LogP contribution in [0.15, 0.2) is 48.5 Å². The van der Waals surface area contributed by atoms with Crippen molar-refractivity contribution in [1.29, 1.82) is 0 Å². The van der Waals surface area contributed by atoms with Gasteiger partial charge in [0.2, 0.25) is 5.91 Å². The zero-order chi connectivity index (χ0) is 21.6. The number of nitro groups is 1. The van der Waals surface area contributed by atoms with Crippen molar-refractivity contribution in [1.82, 2.24) is 5.32 Å². The van der Waals surface area contributed by atoms with E-state index in [0.717, 1.165) is 13.2 Å². The molecule has 10 heteroatoms. The fourth-order valence-electron chi connectivity index (χ4n) is 2.74. The number of benzene rings is 2. The van der Waals surface area contributed by atoms with E-state index in [4.69, 9.17) is 0 Å². The van der Waals surface area contributed by atoms with Crippen molar-refractivity contribution in [3.05, 3.63) is 75.3 Å². The first-order valence-corrected chi connectivity index (χ1v) is 8.37. The molecule has 0 unspecified atom stereocenters. The van der Waals surface area contributed by atoms with Crippen molar-refractivity contribution < 1.29 is 32.4 Å². The van der Waals surface area contributed by atoms with Gasteiger partial charge >= 0.3 is 12.1 Å². The quantitative estimate of drug-likeness (QED) is 0.430. The molecule has 0 bridgehead atoms. The summed E-state index contributed by atoms with van der Waals surface area (Å²) in [6.45, 7) is 0. The summed E-state index contributed by atoms with van der Waals surface area (Å²) in [4.78, 5) is 34.5. The molecule has 0 radical (unpaired) electrons.